The molecule has 0 saturated carbocycles. The smallest absolute Gasteiger partial charge is 0.0704 e. The lowest BCUT2D eigenvalue weighted by atomic mass is 9.83. The Kier molecular flexibility index (Phi) is 3.78. The van der Waals surface area contributed by atoms with E-state index in [-0.39, 0.29) is 5.41 Å². The molecular formula is C11H18BrNS. The number of halogens is 1. The second-order valence-electron chi connectivity index (χ2n) is 4.65. The van der Waals surface area contributed by atoms with E-state index in [9.17, 15) is 0 Å². The lowest BCUT2D eigenvalue weighted by Gasteiger charge is -2.30. The maximum atomic E-state index is 3.54. The van der Waals surface area contributed by atoms with Crippen molar-refractivity contribution in [1.29, 1.82) is 0 Å². The molecule has 1 atom stereocenters. The highest BCUT2D eigenvalue weighted by Gasteiger charge is 2.26. The Morgan fingerprint density at radius 3 is 2.29 bits per heavy atom. The SMILES string of the molecule is CNC(c1cc(Br)sc1C)C(C)(C)C. The molecule has 1 nitrogen and oxygen atoms in total. The van der Waals surface area contributed by atoms with Crippen molar-refractivity contribution < 1.29 is 0 Å². The van der Waals surface area contributed by atoms with Gasteiger partial charge in [-0.05, 0) is 46.9 Å². The monoisotopic (exact) mass is 275 g/mol. The van der Waals surface area contributed by atoms with Crippen molar-refractivity contribution in [3.63, 3.8) is 0 Å². The van der Waals surface area contributed by atoms with E-state index >= 15 is 0 Å². The Hall–Kier alpha value is 0.140. The van der Waals surface area contributed by atoms with E-state index in [4.69, 9.17) is 0 Å². The van der Waals surface area contributed by atoms with Gasteiger partial charge in [-0.2, -0.15) is 0 Å². The molecule has 0 aliphatic heterocycles. The van der Waals surface area contributed by atoms with Crippen LogP contribution in [-0.2, 0) is 0 Å². The van der Waals surface area contributed by atoms with Gasteiger partial charge in [-0.3, -0.25) is 0 Å². The summed E-state index contributed by atoms with van der Waals surface area (Å²) < 4.78 is 1.22. The van der Waals surface area contributed by atoms with Crippen LogP contribution in [0.1, 0.15) is 37.3 Å². The molecule has 0 saturated heterocycles. The lowest BCUT2D eigenvalue weighted by Crippen LogP contribution is -2.29. The third-order valence-corrected chi connectivity index (χ3v) is 3.96. The average molecular weight is 276 g/mol. The molecule has 0 aliphatic carbocycles. The molecule has 1 aromatic rings. The summed E-state index contributed by atoms with van der Waals surface area (Å²) in [6.45, 7) is 8.97. The molecule has 1 heterocycles. The van der Waals surface area contributed by atoms with Crippen molar-refractivity contribution in [2.45, 2.75) is 33.7 Å². The molecule has 0 aliphatic rings. The number of rotatable bonds is 2. The fraction of sp³-hybridized carbons (Fsp3) is 0.636. The average Bonchev–Trinajstić information content (AvgIpc) is 2.29. The second kappa shape index (κ2) is 4.33. The molecule has 0 amide bonds. The first-order chi connectivity index (χ1) is 6.36. The fourth-order valence-electron chi connectivity index (χ4n) is 1.80. The maximum Gasteiger partial charge on any atom is 0.0704 e. The van der Waals surface area contributed by atoms with E-state index in [1.807, 2.05) is 7.05 Å². The molecule has 1 unspecified atom stereocenters. The zero-order valence-electron chi connectivity index (χ0n) is 9.44. The number of hydrogen-bond donors (Lipinski definition) is 1. The fourth-order valence-corrected chi connectivity index (χ4v) is 3.55. The molecule has 0 bridgehead atoms. The summed E-state index contributed by atoms with van der Waals surface area (Å²) in [6, 6.07) is 2.65. The summed E-state index contributed by atoms with van der Waals surface area (Å²) in [4.78, 5) is 1.39. The minimum Gasteiger partial charge on any atom is -0.313 e. The summed E-state index contributed by atoms with van der Waals surface area (Å²) in [5.41, 5.74) is 1.66. The number of hydrogen-bond acceptors (Lipinski definition) is 2. The largest absolute Gasteiger partial charge is 0.313 e. The van der Waals surface area contributed by atoms with Crippen LogP contribution in [0.5, 0.6) is 0 Å². The Labute approximate surface area is 99.0 Å². The summed E-state index contributed by atoms with van der Waals surface area (Å²) in [6.07, 6.45) is 0. The normalized spacial score (nSPS) is 14.4. The third kappa shape index (κ3) is 2.59. The zero-order valence-corrected chi connectivity index (χ0v) is 11.8. The highest BCUT2D eigenvalue weighted by Crippen LogP contribution is 2.38. The zero-order chi connectivity index (χ0) is 10.9. The van der Waals surface area contributed by atoms with Crippen molar-refractivity contribution in [2.75, 3.05) is 7.05 Å². The van der Waals surface area contributed by atoms with E-state index in [1.54, 1.807) is 11.3 Å². The van der Waals surface area contributed by atoms with Crippen LogP contribution < -0.4 is 5.32 Å². The van der Waals surface area contributed by atoms with Crippen molar-refractivity contribution in [3.05, 3.63) is 20.3 Å². The number of aryl methyl sites for hydroxylation is 1. The quantitative estimate of drug-likeness (QED) is 0.856. The van der Waals surface area contributed by atoms with Gasteiger partial charge in [0.25, 0.3) is 0 Å². The molecule has 0 radical (unpaired) electrons. The highest BCUT2D eigenvalue weighted by atomic mass is 79.9. The summed E-state index contributed by atoms with van der Waals surface area (Å²) >= 11 is 5.34. The van der Waals surface area contributed by atoms with Crippen molar-refractivity contribution >= 4 is 27.3 Å². The van der Waals surface area contributed by atoms with Gasteiger partial charge in [-0.15, -0.1) is 11.3 Å². The molecule has 1 N–H and O–H groups in total. The van der Waals surface area contributed by atoms with Gasteiger partial charge < -0.3 is 5.32 Å². The lowest BCUT2D eigenvalue weighted by molar-refractivity contribution is 0.287. The van der Waals surface area contributed by atoms with Crippen LogP contribution in [0.15, 0.2) is 9.85 Å². The van der Waals surface area contributed by atoms with E-state index in [0.717, 1.165) is 0 Å². The molecule has 1 aromatic heterocycles. The van der Waals surface area contributed by atoms with Gasteiger partial charge in [-0.1, -0.05) is 20.8 Å². The van der Waals surface area contributed by atoms with Gasteiger partial charge in [0.15, 0.2) is 0 Å². The van der Waals surface area contributed by atoms with Crippen LogP contribution in [0.3, 0.4) is 0 Å². The van der Waals surface area contributed by atoms with Crippen LogP contribution >= 0.6 is 27.3 Å². The predicted octanol–water partition coefficient (Wildman–Crippen LogP) is 4.13. The van der Waals surface area contributed by atoms with Crippen LogP contribution in [0.4, 0.5) is 0 Å². The van der Waals surface area contributed by atoms with E-state index < -0.39 is 0 Å². The first-order valence-corrected chi connectivity index (χ1v) is 6.40. The molecule has 0 spiro atoms. The first-order valence-electron chi connectivity index (χ1n) is 4.79. The van der Waals surface area contributed by atoms with Crippen molar-refractivity contribution in [3.8, 4) is 0 Å². The summed E-state index contributed by atoms with van der Waals surface area (Å²) in [5.74, 6) is 0. The van der Waals surface area contributed by atoms with Gasteiger partial charge in [-0.25, -0.2) is 0 Å². The van der Waals surface area contributed by atoms with Gasteiger partial charge in [0.2, 0.25) is 0 Å². The number of thiophene rings is 1. The minimum atomic E-state index is 0.250. The molecule has 14 heavy (non-hydrogen) atoms. The maximum absolute atomic E-state index is 3.54. The molecular weight excluding hydrogens is 258 g/mol. The Morgan fingerprint density at radius 2 is 2.00 bits per heavy atom. The molecule has 1 rings (SSSR count). The summed E-state index contributed by atoms with van der Waals surface area (Å²) in [7, 11) is 2.03. The van der Waals surface area contributed by atoms with Crippen LogP contribution in [0.25, 0.3) is 0 Å². The van der Waals surface area contributed by atoms with Crippen molar-refractivity contribution in [2.24, 2.45) is 5.41 Å². The van der Waals surface area contributed by atoms with Gasteiger partial charge >= 0.3 is 0 Å². The topological polar surface area (TPSA) is 12.0 Å². The standard InChI is InChI=1S/C11H18BrNS/c1-7-8(6-9(12)14-7)10(13-5)11(2,3)4/h6,10,13H,1-5H3. The van der Waals surface area contributed by atoms with Gasteiger partial charge in [0.1, 0.15) is 0 Å². The molecule has 3 heteroatoms. The Bertz CT molecular complexity index is 312. The second-order valence-corrected chi connectivity index (χ2v) is 7.29. The first kappa shape index (κ1) is 12.2. The van der Waals surface area contributed by atoms with E-state index in [2.05, 4.69) is 55.0 Å². The van der Waals surface area contributed by atoms with Crippen molar-refractivity contribution in [1.82, 2.24) is 5.32 Å². The summed E-state index contributed by atoms with van der Waals surface area (Å²) in [5, 5.41) is 3.40. The Morgan fingerprint density at radius 1 is 1.43 bits per heavy atom. The molecule has 0 fully saturated rings. The van der Waals surface area contributed by atoms with Gasteiger partial charge in [0.05, 0.1) is 3.79 Å². The number of nitrogens with one attached hydrogen (secondary N) is 1. The van der Waals surface area contributed by atoms with Crippen LogP contribution in [0, 0.1) is 12.3 Å². The third-order valence-electron chi connectivity index (χ3n) is 2.39. The van der Waals surface area contributed by atoms with Crippen LogP contribution in [-0.4, -0.2) is 7.05 Å². The van der Waals surface area contributed by atoms with E-state index in [1.165, 1.54) is 14.2 Å². The molecule has 0 aromatic carbocycles. The highest BCUT2D eigenvalue weighted by molar-refractivity contribution is 9.11. The van der Waals surface area contributed by atoms with E-state index in [0.29, 0.717) is 6.04 Å². The Balaban J connectivity index is 3.07. The minimum absolute atomic E-state index is 0.250. The van der Waals surface area contributed by atoms with Crippen LogP contribution in [0.2, 0.25) is 0 Å². The predicted molar refractivity (Wildman–Crippen MR) is 68.0 cm³/mol. The van der Waals surface area contributed by atoms with Gasteiger partial charge in [0, 0.05) is 10.9 Å². The molecule has 80 valence electrons.